The fourth-order valence-corrected chi connectivity index (χ4v) is 4.56. The molecule has 4 heteroatoms. The molecule has 1 nitrogen and oxygen atoms in total. The molecule has 98 valence electrons. The number of rotatable bonds is 4. The van der Waals surface area contributed by atoms with Crippen molar-refractivity contribution < 1.29 is 0 Å². The van der Waals surface area contributed by atoms with Crippen LogP contribution in [-0.2, 0) is 0 Å². The van der Waals surface area contributed by atoms with Crippen LogP contribution in [0.4, 0.5) is 0 Å². The normalized spacial score (nSPS) is 12.9. The number of nitrogens with one attached hydrogen (secondary N) is 1. The van der Waals surface area contributed by atoms with Crippen molar-refractivity contribution in [2.24, 2.45) is 0 Å². The van der Waals surface area contributed by atoms with Crippen molar-refractivity contribution in [2.75, 3.05) is 6.54 Å². The molecule has 0 spiro atoms. The highest BCUT2D eigenvalue weighted by Crippen LogP contribution is 2.36. The third-order valence-corrected chi connectivity index (χ3v) is 5.49. The van der Waals surface area contributed by atoms with E-state index in [0.29, 0.717) is 0 Å². The Morgan fingerprint density at radius 3 is 2.63 bits per heavy atom. The summed E-state index contributed by atoms with van der Waals surface area (Å²) in [6, 6.07) is 15.1. The monoisotopic (exact) mass is 307 g/mol. The van der Waals surface area contributed by atoms with Gasteiger partial charge in [0.15, 0.2) is 0 Å². The molecule has 0 amide bonds. The minimum atomic E-state index is 0.250. The highest BCUT2D eigenvalue weighted by atomic mass is 35.5. The first-order valence-corrected chi connectivity index (χ1v) is 8.26. The molecule has 0 fully saturated rings. The van der Waals surface area contributed by atoms with Crippen molar-refractivity contribution in [1.29, 1.82) is 0 Å². The Morgan fingerprint density at radius 2 is 1.95 bits per heavy atom. The van der Waals surface area contributed by atoms with Crippen molar-refractivity contribution in [2.45, 2.75) is 13.0 Å². The summed E-state index contributed by atoms with van der Waals surface area (Å²) < 4.78 is 2.18. The van der Waals surface area contributed by atoms with Gasteiger partial charge in [0, 0.05) is 14.5 Å². The molecule has 2 aromatic heterocycles. The van der Waals surface area contributed by atoms with E-state index in [1.54, 1.807) is 11.3 Å². The van der Waals surface area contributed by atoms with Crippen molar-refractivity contribution in [3.63, 3.8) is 0 Å². The molecule has 0 bridgehead atoms. The van der Waals surface area contributed by atoms with Crippen molar-refractivity contribution in [3.8, 4) is 0 Å². The zero-order chi connectivity index (χ0) is 13.2. The van der Waals surface area contributed by atoms with Crippen LogP contribution < -0.4 is 5.32 Å². The summed E-state index contributed by atoms with van der Waals surface area (Å²) >= 11 is 9.57. The van der Waals surface area contributed by atoms with E-state index in [2.05, 4.69) is 48.6 Å². The molecule has 1 atom stereocenters. The number of thiophene rings is 2. The fourth-order valence-electron chi connectivity index (χ4n) is 2.17. The first-order valence-electron chi connectivity index (χ1n) is 6.25. The number of halogens is 1. The Kier molecular flexibility index (Phi) is 3.89. The van der Waals surface area contributed by atoms with Crippen LogP contribution in [0.5, 0.6) is 0 Å². The molecule has 19 heavy (non-hydrogen) atoms. The Balaban J connectivity index is 2.03. The van der Waals surface area contributed by atoms with Crippen LogP contribution in [0.1, 0.15) is 22.7 Å². The number of hydrogen-bond acceptors (Lipinski definition) is 3. The van der Waals surface area contributed by atoms with Crippen LogP contribution in [0, 0.1) is 0 Å². The van der Waals surface area contributed by atoms with E-state index in [0.717, 1.165) is 10.9 Å². The molecule has 2 heterocycles. The minimum absolute atomic E-state index is 0.250. The molecule has 0 saturated heterocycles. The van der Waals surface area contributed by atoms with E-state index in [9.17, 15) is 0 Å². The maximum Gasteiger partial charge on any atom is 0.0931 e. The second-order valence-electron chi connectivity index (χ2n) is 4.32. The van der Waals surface area contributed by atoms with E-state index in [-0.39, 0.29) is 6.04 Å². The summed E-state index contributed by atoms with van der Waals surface area (Å²) in [4.78, 5) is 2.62. The summed E-state index contributed by atoms with van der Waals surface area (Å²) in [6.45, 7) is 3.07. The van der Waals surface area contributed by atoms with Gasteiger partial charge < -0.3 is 5.32 Å². The van der Waals surface area contributed by atoms with Crippen LogP contribution in [-0.4, -0.2) is 6.54 Å². The second kappa shape index (κ2) is 5.63. The summed E-state index contributed by atoms with van der Waals surface area (Å²) in [5, 5.41) is 4.86. The van der Waals surface area contributed by atoms with E-state index in [1.807, 2.05) is 17.4 Å². The first kappa shape index (κ1) is 13.1. The largest absolute Gasteiger partial charge is 0.305 e. The smallest absolute Gasteiger partial charge is 0.0931 e. The van der Waals surface area contributed by atoms with Gasteiger partial charge in [0.1, 0.15) is 0 Å². The molecular weight excluding hydrogens is 294 g/mol. The average molecular weight is 308 g/mol. The van der Waals surface area contributed by atoms with Gasteiger partial charge in [-0.2, -0.15) is 0 Å². The second-order valence-corrected chi connectivity index (χ2v) is 7.18. The van der Waals surface area contributed by atoms with Crippen molar-refractivity contribution >= 4 is 44.4 Å². The van der Waals surface area contributed by atoms with Crippen LogP contribution in [0.25, 0.3) is 10.1 Å². The molecule has 0 radical (unpaired) electrons. The number of hydrogen-bond donors (Lipinski definition) is 1. The third-order valence-electron chi connectivity index (χ3n) is 3.02. The van der Waals surface area contributed by atoms with Gasteiger partial charge >= 0.3 is 0 Å². The average Bonchev–Trinajstić information content (AvgIpc) is 3.01. The Bertz CT molecular complexity index is 653. The lowest BCUT2D eigenvalue weighted by molar-refractivity contribution is 0.649. The van der Waals surface area contributed by atoms with Gasteiger partial charge in [-0.1, -0.05) is 36.7 Å². The SMILES string of the molecule is CCNC(c1ccc(Cl)s1)c1cc2ccccc2s1. The molecule has 0 saturated carbocycles. The van der Waals surface area contributed by atoms with E-state index < -0.39 is 0 Å². The van der Waals surface area contributed by atoms with Gasteiger partial charge in [-0.3, -0.25) is 0 Å². The van der Waals surface area contributed by atoms with Crippen LogP contribution in [0.15, 0.2) is 42.5 Å². The van der Waals surface area contributed by atoms with E-state index >= 15 is 0 Å². The summed E-state index contributed by atoms with van der Waals surface area (Å²) in [5.74, 6) is 0. The maximum atomic E-state index is 6.06. The molecular formula is C15H14ClNS2. The Morgan fingerprint density at radius 1 is 1.11 bits per heavy atom. The zero-order valence-electron chi connectivity index (χ0n) is 10.5. The van der Waals surface area contributed by atoms with E-state index in [4.69, 9.17) is 11.6 Å². The number of fused-ring (bicyclic) bond motifs is 1. The van der Waals surface area contributed by atoms with Crippen molar-refractivity contribution in [3.05, 3.63) is 56.6 Å². The standard InChI is InChI=1S/C15H14ClNS2/c1-2-17-15(12-7-8-14(16)19-12)13-9-10-5-3-4-6-11(10)18-13/h3-9,15,17H,2H2,1H3. The van der Waals surface area contributed by atoms with Gasteiger partial charge in [0.2, 0.25) is 0 Å². The Hall–Kier alpha value is -0.870. The molecule has 0 aliphatic rings. The maximum absolute atomic E-state index is 6.06. The third kappa shape index (κ3) is 2.70. The highest BCUT2D eigenvalue weighted by Gasteiger charge is 2.17. The molecule has 3 rings (SSSR count). The van der Waals surface area contributed by atoms with E-state index in [1.165, 1.54) is 19.8 Å². The minimum Gasteiger partial charge on any atom is -0.305 e. The van der Waals surface area contributed by atoms with Gasteiger partial charge in [0.25, 0.3) is 0 Å². The van der Waals surface area contributed by atoms with Crippen LogP contribution in [0.2, 0.25) is 4.34 Å². The quantitative estimate of drug-likeness (QED) is 0.688. The highest BCUT2D eigenvalue weighted by molar-refractivity contribution is 7.19. The molecule has 3 aromatic rings. The summed E-state index contributed by atoms with van der Waals surface area (Å²) in [5.41, 5.74) is 0. The topological polar surface area (TPSA) is 12.0 Å². The van der Waals surface area contributed by atoms with Gasteiger partial charge in [-0.25, -0.2) is 0 Å². The molecule has 0 aliphatic heterocycles. The molecule has 0 aliphatic carbocycles. The van der Waals surface area contributed by atoms with Gasteiger partial charge in [-0.15, -0.1) is 22.7 Å². The predicted octanol–water partition coefficient (Wildman–Crippen LogP) is 5.32. The summed E-state index contributed by atoms with van der Waals surface area (Å²) in [6.07, 6.45) is 0. The fraction of sp³-hybridized carbons (Fsp3) is 0.200. The predicted molar refractivity (Wildman–Crippen MR) is 86.7 cm³/mol. The summed E-state index contributed by atoms with van der Waals surface area (Å²) in [7, 11) is 0. The first-order chi connectivity index (χ1) is 9.28. The van der Waals surface area contributed by atoms with Crippen LogP contribution >= 0.6 is 34.3 Å². The van der Waals surface area contributed by atoms with Gasteiger partial charge in [-0.05, 0) is 36.2 Å². The zero-order valence-corrected chi connectivity index (χ0v) is 12.9. The molecule has 1 N–H and O–H groups in total. The molecule has 1 unspecified atom stereocenters. The van der Waals surface area contributed by atoms with Crippen LogP contribution in [0.3, 0.4) is 0 Å². The number of benzene rings is 1. The lowest BCUT2D eigenvalue weighted by Gasteiger charge is -2.14. The van der Waals surface area contributed by atoms with Gasteiger partial charge in [0.05, 0.1) is 10.4 Å². The lowest BCUT2D eigenvalue weighted by atomic mass is 10.1. The van der Waals surface area contributed by atoms with Crippen molar-refractivity contribution in [1.82, 2.24) is 5.32 Å². The Labute approximate surface area is 125 Å². The molecule has 1 aromatic carbocycles. The lowest BCUT2D eigenvalue weighted by Crippen LogP contribution is -2.19.